The Hall–Kier alpha value is -0.180. The number of sulfonamides is 1. The van der Waals surface area contributed by atoms with E-state index in [-0.39, 0.29) is 17.5 Å². The van der Waals surface area contributed by atoms with Crippen molar-refractivity contribution >= 4 is 19.9 Å². The predicted octanol–water partition coefficient (Wildman–Crippen LogP) is -1.35. The van der Waals surface area contributed by atoms with Crippen molar-refractivity contribution in [2.45, 2.75) is 12.5 Å². The number of nitrogens with zero attached hydrogens (tertiary/aromatic N) is 1. The Morgan fingerprint density at radius 1 is 1.18 bits per heavy atom. The average molecular weight is 282 g/mol. The Kier molecular flexibility index (Phi) is 3.50. The van der Waals surface area contributed by atoms with Gasteiger partial charge in [0.15, 0.2) is 0 Å². The number of sulfone groups is 1. The molecular weight excluding hydrogens is 264 g/mol. The van der Waals surface area contributed by atoms with Crippen LogP contribution in [0.1, 0.15) is 6.42 Å². The average Bonchev–Trinajstić information content (AvgIpc) is 2.73. The Bertz CT molecular complexity index is 485. The van der Waals surface area contributed by atoms with Crippen LogP contribution in [0.3, 0.4) is 0 Å². The Morgan fingerprint density at radius 2 is 1.88 bits per heavy atom. The Labute approximate surface area is 102 Å². The van der Waals surface area contributed by atoms with Gasteiger partial charge >= 0.3 is 0 Å². The van der Waals surface area contributed by atoms with Crippen LogP contribution in [0.5, 0.6) is 0 Å². The molecule has 0 spiro atoms. The zero-order valence-electron chi connectivity index (χ0n) is 9.79. The van der Waals surface area contributed by atoms with Gasteiger partial charge in [-0.2, -0.15) is 4.31 Å². The molecule has 2 saturated heterocycles. The first-order valence-corrected chi connectivity index (χ1v) is 9.34. The van der Waals surface area contributed by atoms with Gasteiger partial charge in [-0.05, 0) is 18.9 Å². The standard InChI is InChI=1S/C9H18N2O4S2/c1-16(12,13)4-5-17(14,15)11-3-2-8-6-10-7-9(8)11/h8-10H,2-7H2,1H3/t8-,9+/m0/s1. The van der Waals surface area contributed by atoms with Crippen molar-refractivity contribution in [1.82, 2.24) is 9.62 Å². The highest BCUT2D eigenvalue weighted by Crippen LogP contribution is 2.29. The van der Waals surface area contributed by atoms with Crippen LogP contribution in [-0.4, -0.2) is 64.6 Å². The highest BCUT2D eigenvalue weighted by Gasteiger charge is 2.43. The van der Waals surface area contributed by atoms with Gasteiger partial charge in [-0.3, -0.25) is 0 Å². The molecule has 0 amide bonds. The molecule has 0 aromatic heterocycles. The van der Waals surface area contributed by atoms with Crippen LogP contribution in [-0.2, 0) is 19.9 Å². The van der Waals surface area contributed by atoms with Crippen LogP contribution in [0.4, 0.5) is 0 Å². The second kappa shape index (κ2) is 4.49. The zero-order chi connectivity index (χ0) is 12.7. The molecule has 8 heteroatoms. The fourth-order valence-corrected chi connectivity index (χ4v) is 5.86. The minimum Gasteiger partial charge on any atom is -0.315 e. The van der Waals surface area contributed by atoms with Gasteiger partial charge in [-0.25, -0.2) is 16.8 Å². The molecule has 2 aliphatic heterocycles. The van der Waals surface area contributed by atoms with E-state index in [1.807, 2.05) is 0 Å². The summed E-state index contributed by atoms with van der Waals surface area (Å²) in [6.07, 6.45) is 1.93. The van der Waals surface area contributed by atoms with Gasteiger partial charge in [0.1, 0.15) is 9.84 Å². The molecule has 2 aliphatic rings. The van der Waals surface area contributed by atoms with Gasteiger partial charge in [0.2, 0.25) is 10.0 Å². The third-order valence-electron chi connectivity index (χ3n) is 3.46. The van der Waals surface area contributed by atoms with Crippen molar-refractivity contribution in [2.75, 3.05) is 37.4 Å². The third-order valence-corrected chi connectivity index (χ3v) is 6.56. The molecular formula is C9H18N2O4S2. The maximum absolute atomic E-state index is 12.1. The highest BCUT2D eigenvalue weighted by molar-refractivity contribution is 7.93. The number of hydrogen-bond acceptors (Lipinski definition) is 5. The van der Waals surface area contributed by atoms with Gasteiger partial charge in [-0.1, -0.05) is 0 Å². The number of fused-ring (bicyclic) bond motifs is 1. The highest BCUT2D eigenvalue weighted by atomic mass is 32.2. The second-order valence-electron chi connectivity index (χ2n) is 4.83. The maximum atomic E-state index is 12.1. The van der Waals surface area contributed by atoms with Crippen molar-refractivity contribution < 1.29 is 16.8 Å². The Morgan fingerprint density at radius 3 is 2.53 bits per heavy atom. The first kappa shape index (κ1) is 13.3. The van der Waals surface area contributed by atoms with Crippen molar-refractivity contribution in [2.24, 2.45) is 5.92 Å². The summed E-state index contributed by atoms with van der Waals surface area (Å²) in [6, 6.07) is 0.0274. The van der Waals surface area contributed by atoms with Crippen LogP contribution in [0.2, 0.25) is 0 Å². The number of nitrogens with one attached hydrogen (secondary N) is 1. The van der Waals surface area contributed by atoms with Gasteiger partial charge in [-0.15, -0.1) is 0 Å². The van der Waals surface area contributed by atoms with E-state index in [0.29, 0.717) is 19.0 Å². The van der Waals surface area contributed by atoms with Gasteiger partial charge in [0.05, 0.1) is 11.5 Å². The summed E-state index contributed by atoms with van der Waals surface area (Å²) in [5.74, 6) is -0.200. The lowest BCUT2D eigenvalue weighted by atomic mass is 10.1. The van der Waals surface area contributed by atoms with Crippen molar-refractivity contribution in [3.8, 4) is 0 Å². The maximum Gasteiger partial charge on any atom is 0.215 e. The van der Waals surface area contributed by atoms with Gasteiger partial charge < -0.3 is 5.32 Å². The second-order valence-corrected chi connectivity index (χ2v) is 9.13. The molecule has 17 heavy (non-hydrogen) atoms. The molecule has 0 aliphatic carbocycles. The fourth-order valence-electron chi connectivity index (χ4n) is 2.53. The molecule has 6 nitrogen and oxygen atoms in total. The summed E-state index contributed by atoms with van der Waals surface area (Å²) in [5, 5.41) is 3.17. The van der Waals surface area contributed by atoms with E-state index < -0.39 is 19.9 Å². The van der Waals surface area contributed by atoms with Crippen molar-refractivity contribution in [3.05, 3.63) is 0 Å². The van der Waals surface area contributed by atoms with Crippen LogP contribution < -0.4 is 5.32 Å². The lowest BCUT2D eigenvalue weighted by Gasteiger charge is -2.22. The van der Waals surface area contributed by atoms with E-state index in [1.165, 1.54) is 4.31 Å². The van der Waals surface area contributed by atoms with E-state index >= 15 is 0 Å². The summed E-state index contributed by atoms with van der Waals surface area (Å²) in [5.41, 5.74) is 0. The van der Waals surface area contributed by atoms with Crippen molar-refractivity contribution in [1.29, 1.82) is 0 Å². The van der Waals surface area contributed by atoms with E-state index in [1.54, 1.807) is 0 Å². The normalized spacial score (nSPS) is 30.6. The van der Waals surface area contributed by atoms with E-state index in [4.69, 9.17) is 0 Å². The zero-order valence-corrected chi connectivity index (χ0v) is 11.4. The SMILES string of the molecule is CS(=O)(=O)CCS(=O)(=O)N1CC[C@H]2CNC[C@H]21. The van der Waals surface area contributed by atoms with Crippen LogP contribution >= 0.6 is 0 Å². The van der Waals surface area contributed by atoms with Crippen LogP contribution in [0.25, 0.3) is 0 Å². The van der Waals surface area contributed by atoms with E-state index in [0.717, 1.165) is 19.2 Å². The number of hydrogen-bond donors (Lipinski definition) is 1. The monoisotopic (exact) mass is 282 g/mol. The summed E-state index contributed by atoms with van der Waals surface area (Å²) >= 11 is 0. The fraction of sp³-hybridized carbons (Fsp3) is 1.00. The number of rotatable bonds is 4. The lowest BCUT2D eigenvalue weighted by Crippen LogP contribution is -2.41. The molecule has 0 saturated carbocycles. The molecule has 2 heterocycles. The molecule has 0 bridgehead atoms. The molecule has 2 atom stereocenters. The predicted molar refractivity (Wildman–Crippen MR) is 65.0 cm³/mol. The largest absolute Gasteiger partial charge is 0.315 e. The molecule has 0 aromatic rings. The first-order valence-electron chi connectivity index (χ1n) is 5.67. The minimum absolute atomic E-state index is 0.0274. The van der Waals surface area contributed by atoms with Gasteiger partial charge in [0.25, 0.3) is 0 Å². The van der Waals surface area contributed by atoms with E-state index in [2.05, 4.69) is 5.32 Å². The van der Waals surface area contributed by atoms with E-state index in [9.17, 15) is 16.8 Å². The summed E-state index contributed by atoms with van der Waals surface area (Å²) in [4.78, 5) is 0. The third kappa shape index (κ3) is 2.98. The van der Waals surface area contributed by atoms with Crippen LogP contribution in [0, 0.1) is 5.92 Å². The molecule has 1 N–H and O–H groups in total. The molecule has 0 radical (unpaired) electrons. The summed E-state index contributed by atoms with van der Waals surface area (Å²) in [6.45, 7) is 2.08. The topological polar surface area (TPSA) is 83.5 Å². The quantitative estimate of drug-likeness (QED) is 0.689. The molecule has 0 aromatic carbocycles. The van der Waals surface area contributed by atoms with Gasteiger partial charge in [0, 0.05) is 25.4 Å². The molecule has 100 valence electrons. The Balaban J connectivity index is 2.06. The summed E-state index contributed by atoms with van der Waals surface area (Å²) in [7, 11) is -6.66. The molecule has 2 rings (SSSR count). The molecule has 2 fully saturated rings. The van der Waals surface area contributed by atoms with Crippen molar-refractivity contribution in [3.63, 3.8) is 0 Å². The smallest absolute Gasteiger partial charge is 0.215 e. The first-order chi connectivity index (χ1) is 7.80. The lowest BCUT2D eigenvalue weighted by molar-refractivity contribution is 0.383. The summed E-state index contributed by atoms with van der Waals surface area (Å²) < 4.78 is 47.7. The minimum atomic E-state index is -3.43. The van der Waals surface area contributed by atoms with Crippen LogP contribution in [0.15, 0.2) is 0 Å². The molecule has 0 unspecified atom stereocenters.